The summed E-state index contributed by atoms with van der Waals surface area (Å²) in [6.07, 6.45) is -2.20. The Balaban J connectivity index is 2.88. The van der Waals surface area contributed by atoms with Crippen molar-refractivity contribution in [3.05, 3.63) is 33.8 Å². The van der Waals surface area contributed by atoms with Crippen molar-refractivity contribution < 1.29 is 17.7 Å². The van der Waals surface area contributed by atoms with Crippen LogP contribution in [0.1, 0.15) is 18.6 Å². The Labute approximate surface area is 109 Å². The van der Waals surface area contributed by atoms with Gasteiger partial charge in [0.2, 0.25) is 0 Å². The second kappa shape index (κ2) is 5.51. The van der Waals surface area contributed by atoms with Gasteiger partial charge < -0.3 is 5.11 Å². The predicted molar refractivity (Wildman–Crippen MR) is 65.1 cm³/mol. The Hall–Kier alpha value is -0.370. The van der Waals surface area contributed by atoms with Crippen LogP contribution in [-0.4, -0.2) is 19.6 Å². The van der Waals surface area contributed by atoms with Crippen molar-refractivity contribution in [3.8, 4) is 0 Å². The van der Waals surface area contributed by atoms with Crippen molar-refractivity contribution >= 4 is 33.5 Å². The maximum absolute atomic E-state index is 10.7. The maximum atomic E-state index is 10.7. The van der Waals surface area contributed by atoms with Gasteiger partial charge in [-0.15, -0.1) is 0 Å². The number of halogens is 2. The molecule has 1 aromatic carbocycles. The normalized spacial score (nSPS) is 15.6. The van der Waals surface area contributed by atoms with Gasteiger partial charge in [0.05, 0.1) is 10.0 Å². The molecule has 0 aliphatic rings. The van der Waals surface area contributed by atoms with Crippen LogP contribution in [-0.2, 0) is 14.5 Å². The Morgan fingerprint density at radius 2 is 1.94 bits per heavy atom. The van der Waals surface area contributed by atoms with Gasteiger partial charge >= 0.3 is 10.3 Å². The first-order valence-corrected chi connectivity index (χ1v) is 6.77. The van der Waals surface area contributed by atoms with Gasteiger partial charge in [-0.2, -0.15) is 8.42 Å². The van der Waals surface area contributed by atoms with Gasteiger partial charge in [-0.25, -0.2) is 5.14 Å². The molecule has 0 saturated heterocycles. The zero-order valence-corrected chi connectivity index (χ0v) is 11.1. The van der Waals surface area contributed by atoms with E-state index in [0.717, 1.165) is 0 Å². The summed E-state index contributed by atoms with van der Waals surface area (Å²) in [6.45, 7) is 1.37. The Morgan fingerprint density at radius 1 is 1.35 bits per heavy atom. The molecule has 5 nitrogen and oxygen atoms in total. The van der Waals surface area contributed by atoms with E-state index < -0.39 is 22.5 Å². The minimum atomic E-state index is -4.11. The van der Waals surface area contributed by atoms with Gasteiger partial charge in [-0.3, -0.25) is 4.18 Å². The Bertz CT molecular complexity index is 506. The number of nitrogens with two attached hydrogens (primary N) is 1. The van der Waals surface area contributed by atoms with Crippen LogP contribution in [0.25, 0.3) is 0 Å². The molecule has 0 heterocycles. The van der Waals surface area contributed by atoms with Crippen molar-refractivity contribution in [3.63, 3.8) is 0 Å². The molecule has 0 saturated carbocycles. The molecule has 0 aliphatic heterocycles. The van der Waals surface area contributed by atoms with Crippen LogP contribution in [0.15, 0.2) is 18.2 Å². The third-order valence-corrected chi connectivity index (χ3v) is 3.33. The first-order valence-electron chi connectivity index (χ1n) is 4.54. The Kier molecular flexibility index (Phi) is 4.77. The van der Waals surface area contributed by atoms with Gasteiger partial charge in [0, 0.05) is 0 Å². The molecule has 0 unspecified atom stereocenters. The molecule has 0 aromatic heterocycles. The minimum absolute atomic E-state index is 0.256. The number of rotatable bonds is 4. The molecule has 1 rings (SSSR count). The van der Waals surface area contributed by atoms with Crippen molar-refractivity contribution in [2.75, 3.05) is 0 Å². The second-order valence-electron chi connectivity index (χ2n) is 3.41. The zero-order chi connectivity index (χ0) is 13.2. The molecule has 17 heavy (non-hydrogen) atoms. The van der Waals surface area contributed by atoms with E-state index in [2.05, 4.69) is 4.18 Å². The van der Waals surface area contributed by atoms with E-state index in [-0.39, 0.29) is 5.02 Å². The topological polar surface area (TPSA) is 89.6 Å². The molecule has 2 atom stereocenters. The van der Waals surface area contributed by atoms with Crippen LogP contribution >= 0.6 is 23.2 Å². The van der Waals surface area contributed by atoms with Crippen molar-refractivity contribution in [2.24, 2.45) is 5.14 Å². The molecule has 3 N–H and O–H groups in total. The smallest absolute Gasteiger partial charge is 0.333 e. The van der Waals surface area contributed by atoms with Crippen molar-refractivity contribution in [1.82, 2.24) is 0 Å². The number of aliphatic hydroxyl groups is 1. The largest absolute Gasteiger partial charge is 0.386 e. The van der Waals surface area contributed by atoms with E-state index >= 15 is 0 Å². The summed E-state index contributed by atoms with van der Waals surface area (Å²) in [5, 5.41) is 15.1. The molecule has 0 radical (unpaired) electrons. The van der Waals surface area contributed by atoms with Crippen LogP contribution in [0.3, 0.4) is 0 Å². The fraction of sp³-hybridized carbons (Fsp3) is 0.333. The first kappa shape index (κ1) is 14.7. The average molecular weight is 300 g/mol. The fourth-order valence-electron chi connectivity index (χ4n) is 1.23. The zero-order valence-electron chi connectivity index (χ0n) is 8.80. The van der Waals surface area contributed by atoms with E-state index in [9.17, 15) is 13.5 Å². The lowest BCUT2D eigenvalue weighted by atomic mass is 10.1. The number of benzene rings is 1. The van der Waals surface area contributed by atoms with Crippen LogP contribution in [0, 0.1) is 0 Å². The maximum Gasteiger partial charge on any atom is 0.333 e. The number of aliphatic hydroxyl groups excluding tert-OH is 1. The summed E-state index contributed by atoms with van der Waals surface area (Å²) in [5.41, 5.74) is 0.385. The van der Waals surface area contributed by atoms with Gasteiger partial charge in [-0.1, -0.05) is 29.3 Å². The van der Waals surface area contributed by atoms with E-state index in [1.165, 1.54) is 25.1 Å². The molecular formula is C9H11Cl2NO4S. The lowest BCUT2D eigenvalue weighted by molar-refractivity contribution is 0.0508. The third-order valence-electron chi connectivity index (χ3n) is 2.02. The number of hydrogen-bond acceptors (Lipinski definition) is 4. The summed E-state index contributed by atoms with van der Waals surface area (Å²) >= 11 is 11.5. The lowest BCUT2D eigenvalue weighted by Gasteiger charge is -2.18. The van der Waals surface area contributed by atoms with Crippen LogP contribution in [0.5, 0.6) is 0 Å². The van der Waals surface area contributed by atoms with Crippen molar-refractivity contribution in [2.45, 2.75) is 19.1 Å². The summed E-state index contributed by atoms with van der Waals surface area (Å²) in [4.78, 5) is 0. The SMILES string of the molecule is C[C@H](OS(N)(=O)=O)[C@@H](O)c1ccc(Cl)c(Cl)c1. The minimum Gasteiger partial charge on any atom is -0.386 e. The van der Waals surface area contributed by atoms with Gasteiger partial charge in [-0.05, 0) is 24.6 Å². The summed E-state index contributed by atoms with van der Waals surface area (Å²) in [7, 11) is -4.11. The van der Waals surface area contributed by atoms with Gasteiger partial charge in [0.25, 0.3) is 0 Å². The molecule has 0 spiro atoms. The molecule has 0 bridgehead atoms. The van der Waals surface area contributed by atoms with E-state index in [1.807, 2.05) is 0 Å². The number of hydrogen-bond donors (Lipinski definition) is 2. The quantitative estimate of drug-likeness (QED) is 0.884. The highest BCUT2D eigenvalue weighted by atomic mass is 35.5. The molecule has 0 amide bonds. The second-order valence-corrected chi connectivity index (χ2v) is 5.40. The van der Waals surface area contributed by atoms with Gasteiger partial charge in [0.15, 0.2) is 0 Å². The van der Waals surface area contributed by atoms with E-state index in [0.29, 0.717) is 10.6 Å². The summed E-state index contributed by atoms with van der Waals surface area (Å²) in [6, 6.07) is 4.44. The van der Waals surface area contributed by atoms with Crippen LogP contribution in [0.2, 0.25) is 10.0 Å². The highest BCUT2D eigenvalue weighted by Crippen LogP contribution is 2.27. The highest BCUT2D eigenvalue weighted by Gasteiger charge is 2.22. The molecule has 1 aromatic rings. The standard InChI is InChI=1S/C9H11Cl2NO4S/c1-5(16-17(12,14)15)9(13)6-2-3-7(10)8(11)4-6/h2-5,9,13H,1H3,(H2,12,14,15)/t5-,9+/m0/s1. The first-order chi connectivity index (χ1) is 7.70. The third kappa shape index (κ3) is 4.42. The van der Waals surface area contributed by atoms with Crippen LogP contribution in [0.4, 0.5) is 0 Å². The predicted octanol–water partition coefficient (Wildman–Crippen LogP) is 1.64. The fourth-order valence-corrected chi connectivity index (χ4v) is 2.07. The monoisotopic (exact) mass is 299 g/mol. The lowest BCUT2D eigenvalue weighted by Crippen LogP contribution is -2.26. The highest BCUT2D eigenvalue weighted by molar-refractivity contribution is 7.84. The molecule has 0 fully saturated rings. The van der Waals surface area contributed by atoms with Crippen LogP contribution < -0.4 is 5.14 Å². The van der Waals surface area contributed by atoms with E-state index in [1.54, 1.807) is 0 Å². The molecule has 96 valence electrons. The summed E-state index contributed by atoms with van der Waals surface area (Å²) in [5.74, 6) is 0. The van der Waals surface area contributed by atoms with E-state index in [4.69, 9.17) is 28.3 Å². The molecular weight excluding hydrogens is 289 g/mol. The van der Waals surface area contributed by atoms with Gasteiger partial charge in [0.1, 0.15) is 12.2 Å². The Morgan fingerprint density at radius 3 is 2.41 bits per heavy atom. The van der Waals surface area contributed by atoms with Crippen molar-refractivity contribution in [1.29, 1.82) is 0 Å². The summed E-state index contributed by atoms with van der Waals surface area (Å²) < 4.78 is 25.8. The average Bonchev–Trinajstić information content (AvgIpc) is 2.18. The molecule has 8 heteroatoms. The molecule has 0 aliphatic carbocycles.